The maximum absolute atomic E-state index is 12.7. The van der Waals surface area contributed by atoms with Crippen LogP contribution in [-0.2, 0) is 0 Å². The average molecular weight is 288 g/mol. The van der Waals surface area contributed by atoms with Crippen LogP contribution < -0.4 is 5.73 Å². The summed E-state index contributed by atoms with van der Waals surface area (Å²) in [5, 5.41) is 16.8. The predicted octanol–water partition coefficient (Wildman–Crippen LogP) is 1.52. The largest absolute Gasteiger partial charge is 0.399 e. The molecule has 0 radical (unpaired) electrons. The lowest BCUT2D eigenvalue weighted by molar-refractivity contribution is 0.0720. The zero-order valence-corrected chi connectivity index (χ0v) is 11.9. The van der Waals surface area contributed by atoms with Crippen LogP contribution in [0.2, 0.25) is 0 Å². The van der Waals surface area contributed by atoms with Crippen LogP contribution in [0.4, 0.5) is 5.69 Å². The molecule has 0 spiro atoms. The van der Waals surface area contributed by atoms with E-state index in [2.05, 4.69) is 10.2 Å². The zero-order valence-electron chi connectivity index (χ0n) is 11.9. The molecule has 1 aromatic carbocycles. The molecular formula is C15H20N4O2. The summed E-state index contributed by atoms with van der Waals surface area (Å²) in [6, 6.07) is 5.61. The van der Waals surface area contributed by atoms with Gasteiger partial charge < -0.3 is 15.7 Å². The summed E-state index contributed by atoms with van der Waals surface area (Å²) in [4.78, 5) is 14.6. The van der Waals surface area contributed by atoms with Gasteiger partial charge in [-0.15, -0.1) is 0 Å². The number of hydrogen-bond donors (Lipinski definition) is 3. The Balaban J connectivity index is 1.87. The van der Waals surface area contributed by atoms with E-state index in [0.29, 0.717) is 11.4 Å². The number of carbonyl (C=O) groups is 1. The molecule has 6 nitrogen and oxygen atoms in total. The fraction of sp³-hybridized carbons (Fsp3) is 0.467. The van der Waals surface area contributed by atoms with Gasteiger partial charge in [0.25, 0.3) is 5.91 Å². The summed E-state index contributed by atoms with van der Waals surface area (Å²) in [6.45, 7) is 0.923. The van der Waals surface area contributed by atoms with Crippen LogP contribution in [0.15, 0.2) is 18.2 Å². The molecule has 1 amide bonds. The van der Waals surface area contributed by atoms with Gasteiger partial charge in [-0.25, -0.2) is 0 Å². The number of nitrogen functional groups attached to an aromatic ring is 1. The van der Waals surface area contributed by atoms with Crippen molar-refractivity contribution in [3.63, 3.8) is 0 Å². The van der Waals surface area contributed by atoms with Crippen molar-refractivity contribution < 1.29 is 9.90 Å². The van der Waals surface area contributed by atoms with Crippen molar-refractivity contribution in [3.8, 4) is 0 Å². The summed E-state index contributed by atoms with van der Waals surface area (Å²) in [6.07, 6.45) is 3.57. The van der Waals surface area contributed by atoms with Crippen molar-refractivity contribution in [1.29, 1.82) is 0 Å². The highest BCUT2D eigenvalue weighted by Crippen LogP contribution is 2.26. The number of nitrogens with two attached hydrogens (primary N) is 1. The Kier molecular flexibility index (Phi) is 3.79. The number of aromatic amines is 1. The molecule has 1 aliphatic rings. The van der Waals surface area contributed by atoms with E-state index in [1.165, 1.54) is 0 Å². The monoisotopic (exact) mass is 288 g/mol. The number of aliphatic hydroxyl groups is 1. The number of H-pyrrole nitrogens is 1. The predicted molar refractivity (Wildman–Crippen MR) is 80.9 cm³/mol. The molecule has 1 unspecified atom stereocenters. The van der Waals surface area contributed by atoms with Crippen LogP contribution in [0.25, 0.3) is 10.9 Å². The van der Waals surface area contributed by atoms with Gasteiger partial charge in [-0.2, -0.15) is 5.10 Å². The summed E-state index contributed by atoms with van der Waals surface area (Å²) in [7, 11) is 0. The Morgan fingerprint density at radius 2 is 2.38 bits per heavy atom. The summed E-state index contributed by atoms with van der Waals surface area (Å²) in [5.74, 6) is -0.0488. The second kappa shape index (κ2) is 5.73. The minimum Gasteiger partial charge on any atom is -0.399 e. The van der Waals surface area contributed by atoms with Crippen molar-refractivity contribution in [1.82, 2.24) is 15.1 Å². The van der Waals surface area contributed by atoms with Gasteiger partial charge >= 0.3 is 0 Å². The van der Waals surface area contributed by atoms with E-state index in [1.54, 1.807) is 12.1 Å². The number of aromatic nitrogens is 2. The number of nitrogens with one attached hydrogen (secondary N) is 1. The SMILES string of the molecule is Nc1ccc2[nH]nc(C(=O)N3CCCC3CCCO)c2c1. The van der Waals surface area contributed by atoms with Gasteiger partial charge in [-0.3, -0.25) is 9.89 Å². The first-order valence-electron chi connectivity index (χ1n) is 7.36. The number of aliphatic hydroxyl groups excluding tert-OH is 1. The molecule has 1 saturated heterocycles. The normalized spacial score (nSPS) is 18.5. The minimum absolute atomic E-state index is 0.0488. The van der Waals surface area contributed by atoms with Crippen molar-refractivity contribution in [2.75, 3.05) is 18.9 Å². The number of rotatable bonds is 4. The molecule has 1 atom stereocenters. The highest BCUT2D eigenvalue weighted by atomic mass is 16.3. The van der Waals surface area contributed by atoms with Gasteiger partial charge in [0.15, 0.2) is 5.69 Å². The van der Waals surface area contributed by atoms with Gasteiger partial charge in [-0.1, -0.05) is 0 Å². The average Bonchev–Trinajstić information content (AvgIpc) is 3.10. The number of carbonyl (C=O) groups excluding carboxylic acids is 1. The zero-order chi connectivity index (χ0) is 14.8. The number of likely N-dealkylation sites (tertiary alicyclic amines) is 1. The van der Waals surface area contributed by atoms with Crippen LogP contribution in [0.5, 0.6) is 0 Å². The molecule has 2 heterocycles. The molecular weight excluding hydrogens is 268 g/mol. The Morgan fingerprint density at radius 3 is 3.19 bits per heavy atom. The van der Waals surface area contributed by atoms with Gasteiger partial charge in [-0.05, 0) is 43.9 Å². The lowest BCUT2D eigenvalue weighted by Gasteiger charge is -2.23. The highest BCUT2D eigenvalue weighted by molar-refractivity contribution is 6.05. The molecule has 3 rings (SSSR count). The smallest absolute Gasteiger partial charge is 0.275 e. The van der Waals surface area contributed by atoms with Crippen molar-refractivity contribution in [2.45, 2.75) is 31.7 Å². The maximum atomic E-state index is 12.7. The van der Waals surface area contributed by atoms with E-state index in [-0.39, 0.29) is 18.6 Å². The highest BCUT2D eigenvalue weighted by Gasteiger charge is 2.31. The number of hydrogen-bond acceptors (Lipinski definition) is 4. The summed E-state index contributed by atoms with van der Waals surface area (Å²) < 4.78 is 0. The lowest BCUT2D eigenvalue weighted by atomic mass is 10.1. The van der Waals surface area contributed by atoms with E-state index >= 15 is 0 Å². The summed E-state index contributed by atoms with van der Waals surface area (Å²) >= 11 is 0. The molecule has 0 aliphatic carbocycles. The van der Waals surface area contributed by atoms with Crippen LogP contribution in [0.1, 0.15) is 36.2 Å². The van der Waals surface area contributed by atoms with E-state index in [1.807, 2.05) is 11.0 Å². The van der Waals surface area contributed by atoms with Gasteiger partial charge in [0.2, 0.25) is 0 Å². The first-order valence-corrected chi connectivity index (χ1v) is 7.36. The molecule has 1 fully saturated rings. The van der Waals surface area contributed by atoms with Crippen LogP contribution in [-0.4, -0.2) is 45.3 Å². The van der Waals surface area contributed by atoms with Crippen LogP contribution in [0.3, 0.4) is 0 Å². The lowest BCUT2D eigenvalue weighted by Crippen LogP contribution is -2.36. The first kappa shape index (κ1) is 13.9. The van der Waals surface area contributed by atoms with Gasteiger partial charge in [0, 0.05) is 30.3 Å². The molecule has 0 saturated carbocycles. The van der Waals surface area contributed by atoms with Crippen molar-refractivity contribution >= 4 is 22.5 Å². The standard InChI is InChI=1S/C15H20N4O2/c16-10-5-6-13-12(9-10)14(18-17-13)15(21)19-7-1-3-11(19)4-2-8-20/h5-6,9,11,20H,1-4,7-8,16H2,(H,17,18). The van der Waals surface area contributed by atoms with Crippen molar-refractivity contribution in [2.24, 2.45) is 0 Å². The molecule has 0 bridgehead atoms. The molecule has 21 heavy (non-hydrogen) atoms. The quantitative estimate of drug-likeness (QED) is 0.743. The van der Waals surface area contributed by atoms with Crippen LogP contribution in [0, 0.1) is 0 Å². The third kappa shape index (κ3) is 2.58. The summed E-state index contributed by atoms with van der Waals surface area (Å²) in [5.41, 5.74) is 7.68. The third-order valence-electron chi connectivity index (χ3n) is 4.12. The Hall–Kier alpha value is -2.08. The van der Waals surface area contributed by atoms with Crippen LogP contribution >= 0.6 is 0 Å². The first-order chi connectivity index (χ1) is 10.2. The number of nitrogens with zero attached hydrogens (tertiary/aromatic N) is 2. The number of fused-ring (bicyclic) bond motifs is 1. The number of benzene rings is 1. The second-order valence-corrected chi connectivity index (χ2v) is 5.54. The van der Waals surface area contributed by atoms with Gasteiger partial charge in [0.05, 0.1) is 5.52 Å². The van der Waals surface area contributed by atoms with Gasteiger partial charge in [0.1, 0.15) is 0 Å². The van der Waals surface area contributed by atoms with E-state index in [9.17, 15) is 4.79 Å². The fourth-order valence-corrected chi connectivity index (χ4v) is 3.06. The molecule has 1 aromatic heterocycles. The van der Waals surface area contributed by atoms with E-state index in [0.717, 1.165) is 43.1 Å². The third-order valence-corrected chi connectivity index (χ3v) is 4.12. The molecule has 4 N–H and O–H groups in total. The number of anilines is 1. The Bertz CT molecular complexity index is 652. The maximum Gasteiger partial charge on any atom is 0.275 e. The van der Waals surface area contributed by atoms with Crippen molar-refractivity contribution in [3.05, 3.63) is 23.9 Å². The minimum atomic E-state index is -0.0488. The Labute approximate surface area is 122 Å². The Morgan fingerprint density at radius 1 is 1.52 bits per heavy atom. The molecule has 112 valence electrons. The molecule has 2 aromatic rings. The van der Waals surface area contributed by atoms with E-state index < -0.39 is 0 Å². The van der Waals surface area contributed by atoms with E-state index in [4.69, 9.17) is 10.8 Å². The molecule has 6 heteroatoms. The molecule has 1 aliphatic heterocycles. The number of amides is 1. The fourth-order valence-electron chi connectivity index (χ4n) is 3.06. The second-order valence-electron chi connectivity index (χ2n) is 5.54. The topological polar surface area (TPSA) is 95.2 Å².